The highest BCUT2D eigenvalue weighted by atomic mass is 19.4. The molecule has 4 nitrogen and oxygen atoms in total. The molecular formula is C30H28F3NO3. The van der Waals surface area contributed by atoms with E-state index in [9.17, 15) is 23.1 Å². The average Bonchev–Trinajstić information content (AvgIpc) is 3.34. The molecule has 0 spiro atoms. The van der Waals surface area contributed by atoms with Crippen LogP contribution in [0.15, 0.2) is 66.7 Å². The lowest BCUT2D eigenvalue weighted by atomic mass is 9.79. The highest BCUT2D eigenvalue weighted by molar-refractivity contribution is 5.79. The molecule has 1 aliphatic carbocycles. The number of benzene rings is 3. The van der Waals surface area contributed by atoms with Crippen LogP contribution >= 0.6 is 0 Å². The first kappa shape index (κ1) is 24.0. The van der Waals surface area contributed by atoms with E-state index in [-0.39, 0.29) is 49.1 Å². The van der Waals surface area contributed by atoms with E-state index < -0.39 is 17.3 Å². The van der Waals surface area contributed by atoms with Crippen molar-refractivity contribution in [3.05, 3.63) is 94.5 Å². The van der Waals surface area contributed by atoms with Gasteiger partial charge in [-0.3, -0.25) is 0 Å². The number of alkyl halides is 3. The molecule has 0 radical (unpaired) electrons. The van der Waals surface area contributed by atoms with E-state index in [0.29, 0.717) is 5.56 Å². The van der Waals surface area contributed by atoms with Crippen molar-refractivity contribution in [2.45, 2.75) is 62.4 Å². The number of aliphatic hydroxyl groups is 1. The van der Waals surface area contributed by atoms with Gasteiger partial charge >= 0.3 is 12.3 Å². The molecule has 192 valence electrons. The summed E-state index contributed by atoms with van der Waals surface area (Å²) in [6.45, 7) is 1.64. The van der Waals surface area contributed by atoms with Crippen LogP contribution in [0.4, 0.5) is 18.0 Å². The number of carbonyl (C=O) groups excluding carboxylic acids is 1. The van der Waals surface area contributed by atoms with Crippen molar-refractivity contribution >= 4 is 6.09 Å². The summed E-state index contributed by atoms with van der Waals surface area (Å²) in [5.74, 6) is -0.0363. The Morgan fingerprint density at radius 3 is 2.08 bits per heavy atom. The first-order valence-electron chi connectivity index (χ1n) is 12.7. The summed E-state index contributed by atoms with van der Waals surface area (Å²) in [7, 11) is 0. The van der Waals surface area contributed by atoms with Crippen LogP contribution in [-0.4, -0.2) is 34.8 Å². The highest BCUT2D eigenvalue weighted by Gasteiger charge is 2.51. The molecule has 2 aliphatic heterocycles. The summed E-state index contributed by atoms with van der Waals surface area (Å²) in [6, 6.07) is 19.7. The van der Waals surface area contributed by atoms with Crippen molar-refractivity contribution in [2.24, 2.45) is 0 Å². The van der Waals surface area contributed by atoms with Gasteiger partial charge in [-0.1, -0.05) is 60.7 Å². The minimum Gasteiger partial charge on any atom is -0.448 e. The number of hydrogen-bond acceptors (Lipinski definition) is 3. The number of carbonyl (C=O) groups is 1. The van der Waals surface area contributed by atoms with E-state index in [1.165, 1.54) is 19.1 Å². The summed E-state index contributed by atoms with van der Waals surface area (Å²) >= 11 is 0. The zero-order chi connectivity index (χ0) is 25.9. The van der Waals surface area contributed by atoms with E-state index in [1.54, 1.807) is 4.90 Å². The molecule has 2 unspecified atom stereocenters. The maximum absolute atomic E-state index is 13.3. The lowest BCUT2D eigenvalue weighted by Crippen LogP contribution is -2.52. The van der Waals surface area contributed by atoms with Crippen molar-refractivity contribution < 1.29 is 27.8 Å². The van der Waals surface area contributed by atoms with E-state index in [0.717, 1.165) is 41.2 Å². The van der Waals surface area contributed by atoms with Gasteiger partial charge in [0.1, 0.15) is 6.61 Å². The fourth-order valence-corrected chi connectivity index (χ4v) is 6.70. The Morgan fingerprint density at radius 1 is 0.973 bits per heavy atom. The molecule has 0 saturated carbocycles. The lowest BCUT2D eigenvalue weighted by molar-refractivity contribution is -0.138. The van der Waals surface area contributed by atoms with Crippen molar-refractivity contribution in [2.75, 3.05) is 6.61 Å². The van der Waals surface area contributed by atoms with Gasteiger partial charge in [0.25, 0.3) is 0 Å². The predicted octanol–water partition coefficient (Wildman–Crippen LogP) is 6.78. The van der Waals surface area contributed by atoms with Gasteiger partial charge in [-0.15, -0.1) is 0 Å². The zero-order valence-electron chi connectivity index (χ0n) is 20.5. The van der Waals surface area contributed by atoms with Crippen LogP contribution in [0, 0.1) is 6.92 Å². The van der Waals surface area contributed by atoms with Gasteiger partial charge in [-0.05, 0) is 59.2 Å². The van der Waals surface area contributed by atoms with Crippen LogP contribution in [0.5, 0.6) is 0 Å². The van der Waals surface area contributed by atoms with Crippen LogP contribution in [-0.2, 0) is 16.5 Å². The van der Waals surface area contributed by atoms with Crippen molar-refractivity contribution in [1.29, 1.82) is 0 Å². The van der Waals surface area contributed by atoms with E-state index in [4.69, 9.17) is 4.74 Å². The Hall–Kier alpha value is -3.32. The number of rotatable bonds is 3. The predicted molar refractivity (Wildman–Crippen MR) is 133 cm³/mol. The Morgan fingerprint density at radius 2 is 1.54 bits per heavy atom. The van der Waals surface area contributed by atoms with Crippen molar-refractivity contribution in [3.8, 4) is 11.1 Å². The number of amides is 1. The number of aryl methyl sites for hydroxylation is 1. The topological polar surface area (TPSA) is 49.8 Å². The Labute approximate surface area is 213 Å². The number of halogens is 3. The normalized spacial score (nSPS) is 24.6. The van der Waals surface area contributed by atoms with Crippen molar-refractivity contribution in [3.63, 3.8) is 0 Å². The number of piperidine rings is 1. The first-order valence-corrected chi connectivity index (χ1v) is 12.7. The number of nitrogens with zero attached hydrogens (tertiary/aromatic N) is 1. The van der Waals surface area contributed by atoms with E-state index >= 15 is 0 Å². The van der Waals surface area contributed by atoms with Gasteiger partial charge in [0.2, 0.25) is 0 Å². The van der Waals surface area contributed by atoms with Gasteiger partial charge < -0.3 is 14.7 Å². The maximum Gasteiger partial charge on any atom is 0.416 e. The number of fused-ring (bicyclic) bond motifs is 5. The third-order valence-electron chi connectivity index (χ3n) is 8.38. The molecular weight excluding hydrogens is 479 g/mol. The molecule has 37 heavy (non-hydrogen) atoms. The Bertz CT molecular complexity index is 1310. The Balaban J connectivity index is 1.18. The molecule has 3 aliphatic rings. The molecule has 1 N–H and O–H groups in total. The fraction of sp³-hybridized carbons (Fsp3) is 0.367. The molecule has 1 amide bonds. The fourth-order valence-electron chi connectivity index (χ4n) is 6.70. The smallest absolute Gasteiger partial charge is 0.416 e. The maximum atomic E-state index is 13.3. The quantitative estimate of drug-likeness (QED) is 0.425. The van der Waals surface area contributed by atoms with Crippen LogP contribution in [0.2, 0.25) is 0 Å². The van der Waals surface area contributed by atoms with Gasteiger partial charge in [-0.2, -0.15) is 13.2 Å². The van der Waals surface area contributed by atoms with E-state index in [2.05, 4.69) is 24.3 Å². The second-order valence-electron chi connectivity index (χ2n) is 10.6. The molecule has 6 rings (SSSR count). The average molecular weight is 508 g/mol. The van der Waals surface area contributed by atoms with Gasteiger partial charge in [-0.25, -0.2) is 4.79 Å². The highest BCUT2D eigenvalue weighted by Crippen LogP contribution is 2.48. The molecule has 7 heteroatoms. The Kier molecular flexibility index (Phi) is 5.60. The van der Waals surface area contributed by atoms with Gasteiger partial charge in [0.15, 0.2) is 0 Å². The molecule has 2 bridgehead atoms. The summed E-state index contributed by atoms with van der Waals surface area (Å²) in [5.41, 5.74) is 3.20. The molecule has 3 aromatic carbocycles. The van der Waals surface area contributed by atoms with E-state index in [1.807, 2.05) is 24.3 Å². The molecule has 2 saturated heterocycles. The monoisotopic (exact) mass is 507 g/mol. The standard InChI is InChI=1S/C30H28F3NO3/c1-18-14-19(10-13-27(18)30(31,32)33)29(36)15-20-11-12-21(16-29)34(20)28(35)37-17-26-24-8-4-2-6-22(24)23-7-3-5-9-25(23)26/h2-10,13-14,20-21,26,36H,11-12,15-17H2,1H3. The second-order valence-corrected chi connectivity index (χ2v) is 10.6. The third-order valence-corrected chi connectivity index (χ3v) is 8.38. The SMILES string of the molecule is Cc1cc(C2(O)CC3CCC(C2)N3C(=O)OCC2c3ccccc3-c3ccccc32)ccc1C(F)(F)F. The third kappa shape index (κ3) is 4.00. The van der Waals surface area contributed by atoms with Crippen LogP contribution in [0.25, 0.3) is 11.1 Å². The molecule has 2 atom stereocenters. The molecule has 3 aromatic rings. The van der Waals surface area contributed by atoms with Crippen LogP contribution < -0.4 is 0 Å². The van der Waals surface area contributed by atoms with Crippen molar-refractivity contribution in [1.82, 2.24) is 4.90 Å². The molecule has 2 heterocycles. The number of ether oxygens (including phenoxy) is 1. The van der Waals surface area contributed by atoms with Crippen LogP contribution in [0.1, 0.15) is 59.4 Å². The molecule has 2 fully saturated rings. The minimum atomic E-state index is -4.43. The van der Waals surface area contributed by atoms with Gasteiger partial charge in [0, 0.05) is 30.8 Å². The largest absolute Gasteiger partial charge is 0.448 e. The second kappa shape index (κ2) is 8.62. The summed E-state index contributed by atoms with van der Waals surface area (Å²) in [5, 5.41) is 11.5. The lowest BCUT2D eigenvalue weighted by Gasteiger charge is -2.43. The summed E-state index contributed by atoms with van der Waals surface area (Å²) < 4.78 is 45.5. The van der Waals surface area contributed by atoms with Crippen LogP contribution in [0.3, 0.4) is 0 Å². The summed E-state index contributed by atoms with van der Waals surface area (Å²) in [6.07, 6.45) is -2.80. The van der Waals surface area contributed by atoms with Gasteiger partial charge in [0.05, 0.1) is 11.2 Å². The summed E-state index contributed by atoms with van der Waals surface area (Å²) in [4.78, 5) is 15.0. The number of hydrogen-bond donors (Lipinski definition) is 1. The molecule has 0 aromatic heterocycles. The zero-order valence-corrected chi connectivity index (χ0v) is 20.5. The first-order chi connectivity index (χ1) is 17.7. The minimum absolute atomic E-state index is 0.0363.